The minimum atomic E-state index is -0.258. The average Bonchev–Trinajstić information content (AvgIpc) is 2.89. The maximum absolute atomic E-state index is 6.70. The topological polar surface area (TPSA) is 45.0 Å². The molecule has 0 radical (unpaired) electrons. The Morgan fingerprint density at radius 1 is 1.09 bits per heavy atom. The van der Waals surface area contributed by atoms with Crippen LogP contribution in [-0.4, -0.2) is 54.9 Å². The van der Waals surface area contributed by atoms with E-state index in [2.05, 4.69) is 92.2 Å². The van der Waals surface area contributed by atoms with Gasteiger partial charge in [-0.05, 0) is 80.2 Å². The molecule has 4 rings (SSSR count). The number of anilines is 1. The molecule has 0 aliphatic carbocycles. The van der Waals surface area contributed by atoms with E-state index in [0.29, 0.717) is 0 Å². The lowest BCUT2D eigenvalue weighted by molar-refractivity contribution is 0.0468. The maximum atomic E-state index is 6.70. The van der Waals surface area contributed by atoms with Crippen LogP contribution in [-0.2, 0) is 0 Å². The second kappa shape index (κ2) is 11.1. The monoisotopic (exact) mass is 492 g/mol. The SMILES string of the molecule is CCC=C(c1ccc(C2=CC3(CCN(C)CC3)Oc3ccc(N(N)SC)cc32)cc1)N(CC)CC. The van der Waals surface area contributed by atoms with E-state index in [4.69, 9.17) is 10.6 Å². The Bertz CT molecular complexity index is 1070. The van der Waals surface area contributed by atoms with Crippen molar-refractivity contribution in [3.05, 3.63) is 71.3 Å². The van der Waals surface area contributed by atoms with Crippen LogP contribution in [0.5, 0.6) is 5.75 Å². The minimum Gasteiger partial charge on any atom is -0.482 e. The van der Waals surface area contributed by atoms with E-state index in [1.807, 2.05) is 6.26 Å². The van der Waals surface area contributed by atoms with Gasteiger partial charge in [0, 0.05) is 56.5 Å². The highest BCUT2D eigenvalue weighted by Gasteiger charge is 2.38. The molecule has 0 aromatic heterocycles. The number of ether oxygens (including phenoxy) is 1. The van der Waals surface area contributed by atoms with Gasteiger partial charge in [-0.2, -0.15) is 0 Å². The molecular weight excluding hydrogens is 452 g/mol. The molecule has 2 aliphatic heterocycles. The van der Waals surface area contributed by atoms with Crippen molar-refractivity contribution < 1.29 is 4.74 Å². The van der Waals surface area contributed by atoms with Crippen LogP contribution in [0, 0.1) is 0 Å². The van der Waals surface area contributed by atoms with Gasteiger partial charge < -0.3 is 14.5 Å². The molecule has 0 bridgehead atoms. The number of rotatable bonds is 8. The first-order chi connectivity index (χ1) is 16.9. The fourth-order valence-electron chi connectivity index (χ4n) is 5.14. The van der Waals surface area contributed by atoms with Gasteiger partial charge in [-0.1, -0.05) is 37.3 Å². The van der Waals surface area contributed by atoms with E-state index in [1.54, 1.807) is 4.41 Å². The third-order valence-electron chi connectivity index (χ3n) is 7.25. The fourth-order valence-corrected chi connectivity index (χ4v) is 5.46. The molecule has 2 aromatic rings. The number of likely N-dealkylation sites (tertiary alicyclic amines) is 1. The largest absolute Gasteiger partial charge is 0.482 e. The van der Waals surface area contributed by atoms with Crippen LogP contribution in [0.3, 0.4) is 0 Å². The van der Waals surface area contributed by atoms with Gasteiger partial charge in [-0.15, -0.1) is 0 Å². The van der Waals surface area contributed by atoms with Crippen molar-refractivity contribution in [3.8, 4) is 5.75 Å². The van der Waals surface area contributed by atoms with Crippen LogP contribution in [0.25, 0.3) is 11.3 Å². The van der Waals surface area contributed by atoms with Crippen LogP contribution in [0.4, 0.5) is 5.69 Å². The lowest BCUT2D eigenvalue weighted by atomic mass is 9.82. The highest BCUT2D eigenvalue weighted by molar-refractivity contribution is 7.99. The van der Waals surface area contributed by atoms with Crippen LogP contribution in [0.1, 0.15) is 56.7 Å². The predicted octanol–water partition coefficient (Wildman–Crippen LogP) is 6.03. The van der Waals surface area contributed by atoms with Crippen molar-refractivity contribution in [2.75, 3.05) is 43.9 Å². The molecule has 1 spiro atoms. The lowest BCUT2D eigenvalue weighted by Crippen LogP contribution is -2.46. The number of allylic oxidation sites excluding steroid dienone is 1. The maximum Gasteiger partial charge on any atom is 0.130 e. The van der Waals surface area contributed by atoms with E-state index in [9.17, 15) is 0 Å². The Morgan fingerprint density at radius 2 is 1.77 bits per heavy atom. The van der Waals surface area contributed by atoms with Gasteiger partial charge in [0.05, 0.1) is 5.69 Å². The van der Waals surface area contributed by atoms with Crippen molar-refractivity contribution >= 4 is 28.9 Å². The molecule has 6 heteroatoms. The van der Waals surface area contributed by atoms with Gasteiger partial charge in [0.25, 0.3) is 0 Å². The van der Waals surface area contributed by atoms with Gasteiger partial charge in [0.15, 0.2) is 0 Å². The highest BCUT2D eigenvalue weighted by atomic mass is 32.2. The second-order valence-corrected chi connectivity index (χ2v) is 10.2. The molecule has 2 N–H and O–H groups in total. The van der Waals surface area contributed by atoms with Gasteiger partial charge in [-0.25, -0.2) is 5.84 Å². The van der Waals surface area contributed by atoms with E-state index in [0.717, 1.165) is 62.4 Å². The van der Waals surface area contributed by atoms with Gasteiger partial charge in [-0.3, -0.25) is 4.41 Å². The second-order valence-electron chi connectivity index (χ2n) is 9.46. The Balaban J connectivity index is 1.77. The third-order valence-corrected chi connectivity index (χ3v) is 7.86. The van der Waals surface area contributed by atoms with Gasteiger partial charge in [0.2, 0.25) is 0 Å². The summed E-state index contributed by atoms with van der Waals surface area (Å²) >= 11 is 1.50. The summed E-state index contributed by atoms with van der Waals surface area (Å²) in [5.74, 6) is 7.17. The van der Waals surface area contributed by atoms with Crippen LogP contribution in [0.15, 0.2) is 54.6 Å². The molecule has 2 aliphatic rings. The minimum absolute atomic E-state index is 0.258. The molecule has 2 heterocycles. The molecule has 35 heavy (non-hydrogen) atoms. The number of hydrogen-bond donors (Lipinski definition) is 1. The Labute approximate surface area is 215 Å². The number of nitrogens with two attached hydrogens (primary N) is 1. The standard InChI is InChI=1S/C29H40N4OS/c1-6-9-27(32(7-2)8-3)23-12-10-22(11-13-23)26-21-29(16-18-31(4)19-17-29)34-28-15-14-24(20-25(26)28)33(30)35-5/h9-15,20-21H,6-8,16-19,30H2,1-5H3. The van der Waals surface area contributed by atoms with Crippen LogP contribution < -0.4 is 15.0 Å². The van der Waals surface area contributed by atoms with E-state index >= 15 is 0 Å². The first kappa shape index (κ1) is 25.7. The molecule has 1 saturated heterocycles. The summed E-state index contributed by atoms with van der Waals surface area (Å²) in [4.78, 5) is 4.81. The van der Waals surface area contributed by atoms with Gasteiger partial charge in [0.1, 0.15) is 11.4 Å². The molecule has 0 atom stereocenters. The van der Waals surface area contributed by atoms with Crippen molar-refractivity contribution in [2.24, 2.45) is 5.84 Å². The van der Waals surface area contributed by atoms with E-state index in [-0.39, 0.29) is 5.60 Å². The zero-order chi connectivity index (χ0) is 25.0. The summed E-state index contributed by atoms with van der Waals surface area (Å²) in [5, 5.41) is 0. The summed E-state index contributed by atoms with van der Waals surface area (Å²) in [5.41, 5.74) is 6.86. The van der Waals surface area contributed by atoms with Crippen molar-refractivity contribution in [1.29, 1.82) is 0 Å². The van der Waals surface area contributed by atoms with Crippen molar-refractivity contribution in [3.63, 3.8) is 0 Å². The quantitative estimate of drug-likeness (QED) is 0.276. The Morgan fingerprint density at radius 3 is 2.37 bits per heavy atom. The van der Waals surface area contributed by atoms with Gasteiger partial charge >= 0.3 is 0 Å². The first-order valence-corrected chi connectivity index (χ1v) is 14.0. The summed E-state index contributed by atoms with van der Waals surface area (Å²) < 4.78 is 8.40. The molecular formula is C29H40N4OS. The third kappa shape index (κ3) is 5.40. The van der Waals surface area contributed by atoms with Crippen molar-refractivity contribution in [1.82, 2.24) is 9.80 Å². The van der Waals surface area contributed by atoms with E-state index < -0.39 is 0 Å². The Hall–Kier alpha value is -2.41. The predicted molar refractivity (Wildman–Crippen MR) is 151 cm³/mol. The molecule has 1 fully saturated rings. The number of hydrazine groups is 1. The van der Waals surface area contributed by atoms with E-state index in [1.165, 1.54) is 34.3 Å². The fraction of sp³-hybridized carbons (Fsp3) is 0.448. The average molecular weight is 493 g/mol. The normalized spacial score (nSPS) is 17.5. The van der Waals surface area contributed by atoms with Crippen LogP contribution >= 0.6 is 11.9 Å². The molecule has 2 aromatic carbocycles. The number of nitrogens with zero attached hydrogens (tertiary/aromatic N) is 3. The summed E-state index contributed by atoms with van der Waals surface area (Å²) in [7, 11) is 2.19. The highest BCUT2D eigenvalue weighted by Crippen LogP contribution is 2.44. The molecule has 188 valence electrons. The molecule has 5 nitrogen and oxygen atoms in total. The number of benzene rings is 2. The zero-order valence-corrected chi connectivity index (χ0v) is 22.7. The summed E-state index contributed by atoms with van der Waals surface area (Å²) in [6, 6.07) is 15.4. The molecule has 0 unspecified atom stereocenters. The Kier molecular flexibility index (Phi) is 8.15. The summed E-state index contributed by atoms with van der Waals surface area (Å²) in [6.45, 7) is 10.7. The van der Waals surface area contributed by atoms with Crippen molar-refractivity contribution in [2.45, 2.75) is 45.6 Å². The molecule has 0 amide bonds. The zero-order valence-electron chi connectivity index (χ0n) is 21.9. The van der Waals surface area contributed by atoms with Crippen LogP contribution in [0.2, 0.25) is 0 Å². The first-order valence-electron chi connectivity index (χ1n) is 12.8. The lowest BCUT2D eigenvalue weighted by Gasteiger charge is -2.42. The number of piperidine rings is 1. The number of hydrogen-bond acceptors (Lipinski definition) is 6. The summed E-state index contributed by atoms with van der Waals surface area (Å²) in [6.07, 6.45) is 9.71. The molecule has 0 saturated carbocycles. The number of fused-ring (bicyclic) bond motifs is 1. The smallest absolute Gasteiger partial charge is 0.130 e.